The van der Waals surface area contributed by atoms with Gasteiger partial charge in [0.2, 0.25) is 0 Å². The van der Waals surface area contributed by atoms with Crippen LogP contribution >= 0.6 is 0 Å². The lowest BCUT2D eigenvalue weighted by molar-refractivity contribution is 0.264. The van der Waals surface area contributed by atoms with Crippen molar-refractivity contribution in [2.24, 2.45) is 0 Å². The molecule has 55 heavy (non-hydrogen) atoms. The first-order valence-electron chi connectivity index (χ1n) is 18.7. The van der Waals surface area contributed by atoms with E-state index in [1.165, 1.54) is 11.1 Å². The lowest BCUT2D eigenvalue weighted by atomic mass is 9.96. The number of aromatic nitrogens is 4. The van der Waals surface area contributed by atoms with Crippen molar-refractivity contribution in [2.45, 2.75) is 20.0 Å². The minimum Gasteiger partial charge on any atom is -0.479 e. The van der Waals surface area contributed by atoms with E-state index in [-0.39, 0.29) is 6.10 Å². The van der Waals surface area contributed by atoms with Gasteiger partial charge in [-0.25, -0.2) is 4.98 Å². The first-order chi connectivity index (χ1) is 27.1. The molecule has 8 bridgehead atoms. The van der Waals surface area contributed by atoms with E-state index in [4.69, 9.17) is 9.72 Å². The van der Waals surface area contributed by atoms with Gasteiger partial charge in [0, 0.05) is 50.6 Å². The van der Waals surface area contributed by atoms with Gasteiger partial charge in [0.1, 0.15) is 5.75 Å². The van der Waals surface area contributed by atoms with Crippen LogP contribution in [0, 0.1) is 13.8 Å². The largest absolute Gasteiger partial charge is 0.479 e. The molecule has 2 aliphatic rings. The van der Waals surface area contributed by atoms with Crippen LogP contribution in [0.3, 0.4) is 0 Å². The number of benzene rings is 4. The number of rotatable bonds is 5. The average Bonchev–Trinajstić information content (AvgIpc) is 4.07. The van der Waals surface area contributed by atoms with E-state index >= 15 is 0 Å². The average molecular weight is 711 g/mol. The monoisotopic (exact) mass is 710 g/mol. The SMILES string of the molecule is Cc1ccc(-c2c3nc(c(-c4ccc(C)cc4)c4ccc([nH]4)c(-c4ccccc4)c4cc(c(-c5ccccc5)c5ccc2[nH]5)OC4c2ccc[nH]2)C=C3)cc1. The fourth-order valence-electron chi connectivity index (χ4n) is 7.97. The summed E-state index contributed by atoms with van der Waals surface area (Å²) in [6, 6.07) is 53.6. The minimum absolute atomic E-state index is 0.384. The molecule has 0 saturated carbocycles. The number of hydrogen-bond acceptors (Lipinski definition) is 2. The van der Waals surface area contributed by atoms with Crippen molar-refractivity contribution in [3.05, 3.63) is 192 Å². The van der Waals surface area contributed by atoms with Crippen LogP contribution in [0.15, 0.2) is 158 Å². The molecule has 2 aliphatic heterocycles. The Kier molecular flexibility index (Phi) is 7.92. The summed E-state index contributed by atoms with van der Waals surface area (Å²) in [7, 11) is 0. The summed E-state index contributed by atoms with van der Waals surface area (Å²) in [4.78, 5) is 16.7. The van der Waals surface area contributed by atoms with Crippen molar-refractivity contribution in [1.29, 1.82) is 0 Å². The smallest absolute Gasteiger partial charge is 0.164 e. The fourth-order valence-corrected chi connectivity index (χ4v) is 7.97. The molecule has 10 rings (SSSR count). The predicted molar refractivity (Wildman–Crippen MR) is 227 cm³/mol. The van der Waals surface area contributed by atoms with Crippen molar-refractivity contribution in [1.82, 2.24) is 19.9 Å². The predicted octanol–water partition coefficient (Wildman–Crippen LogP) is 12.9. The molecule has 3 N–H and O–H groups in total. The van der Waals surface area contributed by atoms with Crippen LogP contribution in [0.5, 0.6) is 5.75 Å². The molecule has 5 heteroatoms. The second kappa shape index (κ2) is 13.4. The van der Waals surface area contributed by atoms with Gasteiger partial charge in [-0.1, -0.05) is 120 Å². The van der Waals surface area contributed by atoms with Gasteiger partial charge in [-0.05, 0) is 90.7 Å². The molecule has 0 saturated heterocycles. The zero-order valence-electron chi connectivity index (χ0n) is 30.6. The second-order valence-corrected chi connectivity index (χ2v) is 14.3. The van der Waals surface area contributed by atoms with E-state index in [2.05, 4.69) is 187 Å². The molecular formula is C50H38N4O. The molecule has 8 aromatic rings. The first kappa shape index (κ1) is 32.5. The van der Waals surface area contributed by atoms with Crippen LogP contribution in [0.4, 0.5) is 0 Å². The minimum atomic E-state index is -0.384. The number of H-pyrrole nitrogens is 3. The third kappa shape index (κ3) is 5.87. The van der Waals surface area contributed by atoms with Gasteiger partial charge in [0.05, 0.1) is 22.6 Å². The maximum Gasteiger partial charge on any atom is 0.164 e. The van der Waals surface area contributed by atoms with Gasteiger partial charge in [-0.2, -0.15) is 0 Å². The highest BCUT2D eigenvalue weighted by Crippen LogP contribution is 2.46. The fraction of sp³-hybridized carbons (Fsp3) is 0.0600. The van der Waals surface area contributed by atoms with E-state index in [0.717, 1.165) is 95.0 Å². The Morgan fingerprint density at radius 3 is 1.45 bits per heavy atom. The second-order valence-electron chi connectivity index (χ2n) is 14.3. The van der Waals surface area contributed by atoms with E-state index in [1.54, 1.807) is 0 Å². The number of nitrogens with zero attached hydrogens (tertiary/aromatic N) is 1. The quantitative estimate of drug-likeness (QED) is 0.166. The van der Waals surface area contributed by atoms with Crippen molar-refractivity contribution in [3.8, 4) is 50.3 Å². The molecule has 0 spiro atoms. The number of ether oxygens (including phenoxy) is 1. The van der Waals surface area contributed by atoms with Gasteiger partial charge in [-0.3, -0.25) is 0 Å². The Bertz CT molecular complexity index is 2880. The van der Waals surface area contributed by atoms with Crippen LogP contribution in [-0.4, -0.2) is 19.9 Å². The molecule has 264 valence electrons. The number of aryl methyl sites for hydroxylation is 2. The summed E-state index contributed by atoms with van der Waals surface area (Å²) in [6.45, 7) is 4.24. The van der Waals surface area contributed by atoms with Crippen molar-refractivity contribution in [2.75, 3.05) is 0 Å². The summed E-state index contributed by atoms with van der Waals surface area (Å²) < 4.78 is 7.15. The molecule has 1 unspecified atom stereocenters. The Morgan fingerprint density at radius 1 is 0.473 bits per heavy atom. The zero-order chi connectivity index (χ0) is 36.9. The summed E-state index contributed by atoms with van der Waals surface area (Å²) in [6.07, 6.45) is 5.88. The molecule has 0 amide bonds. The third-order valence-corrected chi connectivity index (χ3v) is 10.7. The molecular weight excluding hydrogens is 673 g/mol. The summed E-state index contributed by atoms with van der Waals surface area (Å²) in [5.74, 6) is 0.791. The first-order valence-corrected chi connectivity index (χ1v) is 18.7. The van der Waals surface area contributed by atoms with Gasteiger partial charge in [-0.15, -0.1) is 0 Å². The van der Waals surface area contributed by atoms with Gasteiger partial charge in [0.15, 0.2) is 6.10 Å². The van der Waals surface area contributed by atoms with Crippen LogP contribution in [0.2, 0.25) is 0 Å². The van der Waals surface area contributed by atoms with Crippen molar-refractivity contribution in [3.63, 3.8) is 0 Å². The highest BCUT2D eigenvalue weighted by atomic mass is 16.5. The van der Waals surface area contributed by atoms with Gasteiger partial charge in [0.25, 0.3) is 0 Å². The van der Waals surface area contributed by atoms with Crippen LogP contribution < -0.4 is 4.74 Å². The molecule has 6 heterocycles. The third-order valence-electron chi connectivity index (χ3n) is 10.7. The maximum absolute atomic E-state index is 7.15. The van der Waals surface area contributed by atoms with Gasteiger partial charge >= 0.3 is 0 Å². The highest BCUT2D eigenvalue weighted by Gasteiger charge is 2.29. The van der Waals surface area contributed by atoms with Crippen molar-refractivity contribution < 1.29 is 4.74 Å². The van der Waals surface area contributed by atoms with Gasteiger partial charge < -0.3 is 19.7 Å². The maximum atomic E-state index is 7.15. The molecule has 4 aromatic carbocycles. The Hall–Kier alpha value is -7.11. The summed E-state index contributed by atoms with van der Waals surface area (Å²) >= 11 is 0. The number of fused-ring (bicyclic) bond motifs is 8. The van der Waals surface area contributed by atoms with Crippen LogP contribution in [0.25, 0.3) is 78.7 Å². The molecule has 0 aliphatic carbocycles. The Labute approximate surface area is 319 Å². The number of nitrogens with one attached hydrogen (secondary N) is 3. The lowest BCUT2D eigenvalue weighted by Crippen LogP contribution is -2.06. The summed E-state index contributed by atoms with van der Waals surface area (Å²) in [5, 5.41) is 0. The standard InChI is InChI=1S/C50H38N4O/c1-31-15-19-35(20-16-31)47-39-24-23-38(52-39)46(33-10-5-3-6-11-33)37-30-45(55-50(37)44-14-9-29-51-44)49(34-12-7-4-8-13-34)43-28-27-42(54-43)48(41-26-25-40(47)53-41)36-21-17-32(2)18-22-36/h3-30,50-52,54H,1-2H3. The molecule has 0 radical (unpaired) electrons. The Morgan fingerprint density at radius 2 is 0.945 bits per heavy atom. The lowest BCUT2D eigenvalue weighted by Gasteiger charge is -2.16. The van der Waals surface area contributed by atoms with E-state index < -0.39 is 0 Å². The molecule has 0 fully saturated rings. The van der Waals surface area contributed by atoms with Crippen LogP contribution in [0.1, 0.15) is 39.9 Å². The van der Waals surface area contributed by atoms with Crippen LogP contribution in [-0.2, 0) is 0 Å². The number of aromatic amines is 3. The summed E-state index contributed by atoms with van der Waals surface area (Å²) in [5.41, 5.74) is 18.6. The highest BCUT2D eigenvalue weighted by molar-refractivity contribution is 5.98. The topological polar surface area (TPSA) is 69.5 Å². The van der Waals surface area contributed by atoms with E-state index in [0.29, 0.717) is 0 Å². The molecule has 5 nitrogen and oxygen atoms in total. The Balaban J connectivity index is 1.41. The normalized spacial score (nSPS) is 13.5. The number of hydrogen-bond donors (Lipinski definition) is 3. The molecule has 4 aromatic heterocycles. The zero-order valence-corrected chi connectivity index (χ0v) is 30.6. The molecule has 1 atom stereocenters. The van der Waals surface area contributed by atoms with E-state index in [9.17, 15) is 0 Å². The van der Waals surface area contributed by atoms with Crippen molar-refractivity contribution >= 4 is 34.2 Å². The van der Waals surface area contributed by atoms with E-state index in [1.807, 2.05) is 12.3 Å².